The summed E-state index contributed by atoms with van der Waals surface area (Å²) in [5.41, 5.74) is 1.26. The molecular formula is C14H21N3O2. The van der Waals surface area contributed by atoms with Gasteiger partial charge >= 0.3 is 5.97 Å². The molecule has 0 aromatic carbocycles. The average Bonchev–Trinajstić information content (AvgIpc) is 2.26. The lowest BCUT2D eigenvalue weighted by Crippen LogP contribution is -2.43. The topological polar surface area (TPSA) is 75.1 Å². The summed E-state index contributed by atoms with van der Waals surface area (Å²) in [4.78, 5) is 20.0. The molecule has 1 aliphatic rings. The van der Waals surface area contributed by atoms with Crippen molar-refractivity contribution < 1.29 is 9.90 Å². The molecule has 1 aliphatic carbocycles. The molecular weight excluding hydrogens is 242 g/mol. The fraction of sp³-hybridized carbons (Fsp3) is 0.643. The van der Waals surface area contributed by atoms with E-state index in [1.54, 1.807) is 0 Å². The Hall–Kier alpha value is -1.65. The fourth-order valence-electron chi connectivity index (χ4n) is 2.29. The number of carboxylic acid groups (broad SMARTS) is 1. The number of anilines is 1. The molecule has 5 nitrogen and oxygen atoms in total. The van der Waals surface area contributed by atoms with E-state index >= 15 is 0 Å². The first-order valence-electron chi connectivity index (χ1n) is 6.76. The van der Waals surface area contributed by atoms with Crippen LogP contribution in [0.5, 0.6) is 0 Å². The van der Waals surface area contributed by atoms with Gasteiger partial charge in [0.25, 0.3) is 0 Å². The predicted octanol–water partition coefficient (Wildman–Crippen LogP) is 2.58. The fourth-order valence-corrected chi connectivity index (χ4v) is 2.29. The number of aryl methyl sites for hydroxylation is 1. The minimum Gasteiger partial charge on any atom is -0.481 e. The predicted molar refractivity (Wildman–Crippen MR) is 73.3 cm³/mol. The van der Waals surface area contributed by atoms with E-state index in [-0.39, 0.29) is 0 Å². The molecule has 1 aromatic rings. The zero-order chi connectivity index (χ0) is 14.0. The van der Waals surface area contributed by atoms with E-state index in [0.29, 0.717) is 18.4 Å². The Morgan fingerprint density at radius 1 is 1.47 bits per heavy atom. The minimum absolute atomic E-state index is 0.333. The number of hydrogen-bond acceptors (Lipinski definition) is 4. The lowest BCUT2D eigenvalue weighted by atomic mass is 9.69. The quantitative estimate of drug-likeness (QED) is 0.854. The Balaban J connectivity index is 2.09. The van der Waals surface area contributed by atoms with Gasteiger partial charge in [-0.2, -0.15) is 0 Å². The van der Waals surface area contributed by atoms with Gasteiger partial charge in [0, 0.05) is 17.9 Å². The maximum Gasteiger partial charge on any atom is 0.311 e. The number of nitrogens with one attached hydrogen (secondary N) is 1. The monoisotopic (exact) mass is 263 g/mol. The third kappa shape index (κ3) is 2.85. The molecule has 1 saturated carbocycles. The molecule has 1 fully saturated rings. The lowest BCUT2D eigenvalue weighted by molar-refractivity contribution is -0.153. The van der Waals surface area contributed by atoms with Crippen molar-refractivity contribution in [2.75, 3.05) is 11.9 Å². The van der Waals surface area contributed by atoms with Gasteiger partial charge in [-0.05, 0) is 31.7 Å². The van der Waals surface area contributed by atoms with E-state index in [1.807, 2.05) is 13.0 Å². The third-order valence-corrected chi connectivity index (χ3v) is 3.81. The smallest absolute Gasteiger partial charge is 0.311 e. The molecule has 0 unspecified atom stereocenters. The van der Waals surface area contributed by atoms with Gasteiger partial charge in [-0.1, -0.05) is 20.3 Å². The average molecular weight is 263 g/mol. The summed E-state index contributed by atoms with van der Waals surface area (Å²) < 4.78 is 0. The summed E-state index contributed by atoms with van der Waals surface area (Å²) in [5, 5.41) is 12.4. The number of rotatable bonds is 5. The van der Waals surface area contributed by atoms with Gasteiger partial charge in [-0.15, -0.1) is 0 Å². The third-order valence-electron chi connectivity index (χ3n) is 3.81. The molecule has 0 radical (unpaired) electrons. The van der Waals surface area contributed by atoms with Crippen molar-refractivity contribution in [2.45, 2.75) is 46.0 Å². The van der Waals surface area contributed by atoms with Crippen molar-refractivity contribution in [3.05, 3.63) is 17.5 Å². The highest BCUT2D eigenvalue weighted by Gasteiger charge is 2.44. The number of hydrogen-bond donors (Lipinski definition) is 2. The Labute approximate surface area is 113 Å². The van der Waals surface area contributed by atoms with Crippen LogP contribution in [-0.2, 0) is 4.79 Å². The summed E-state index contributed by atoms with van der Waals surface area (Å²) in [5.74, 6) is 0.151. The van der Waals surface area contributed by atoms with Crippen molar-refractivity contribution in [1.29, 1.82) is 0 Å². The molecule has 2 N–H and O–H groups in total. The molecule has 5 heteroatoms. The Bertz CT molecular complexity index is 482. The van der Waals surface area contributed by atoms with E-state index < -0.39 is 11.4 Å². The first kappa shape index (κ1) is 13.8. The zero-order valence-corrected chi connectivity index (χ0v) is 11.7. The number of aromatic nitrogens is 2. The molecule has 0 aliphatic heterocycles. The van der Waals surface area contributed by atoms with Crippen LogP contribution in [0.2, 0.25) is 0 Å². The van der Waals surface area contributed by atoms with Crippen LogP contribution in [-0.4, -0.2) is 27.6 Å². The van der Waals surface area contributed by atoms with Crippen molar-refractivity contribution in [3.63, 3.8) is 0 Å². The normalized spacial score (nSPS) is 17.1. The van der Waals surface area contributed by atoms with Gasteiger partial charge in [0.2, 0.25) is 5.95 Å². The molecule has 1 aromatic heterocycles. The van der Waals surface area contributed by atoms with E-state index in [1.165, 1.54) is 0 Å². The zero-order valence-electron chi connectivity index (χ0n) is 11.7. The summed E-state index contributed by atoms with van der Waals surface area (Å²) >= 11 is 0. The van der Waals surface area contributed by atoms with Crippen molar-refractivity contribution in [1.82, 2.24) is 9.97 Å². The Kier molecular flexibility index (Phi) is 3.73. The van der Waals surface area contributed by atoms with Gasteiger partial charge in [0.1, 0.15) is 0 Å². The molecule has 104 valence electrons. The first-order valence-corrected chi connectivity index (χ1v) is 6.76. The largest absolute Gasteiger partial charge is 0.481 e. The molecule has 2 rings (SSSR count). The van der Waals surface area contributed by atoms with Crippen LogP contribution in [0.15, 0.2) is 6.07 Å². The van der Waals surface area contributed by atoms with Gasteiger partial charge < -0.3 is 10.4 Å². The van der Waals surface area contributed by atoms with Gasteiger partial charge in [0.15, 0.2) is 0 Å². The number of carboxylic acids is 1. The minimum atomic E-state index is -0.719. The second-order valence-corrected chi connectivity index (χ2v) is 5.71. The van der Waals surface area contributed by atoms with Crippen LogP contribution in [0.1, 0.15) is 50.4 Å². The maximum atomic E-state index is 11.3. The number of nitrogens with zero attached hydrogens (tertiary/aromatic N) is 2. The molecule has 0 bridgehead atoms. The van der Waals surface area contributed by atoms with E-state index in [9.17, 15) is 9.90 Å². The molecule has 0 spiro atoms. The SMILES string of the molecule is Cc1cc(C(C)C)nc(NCC2(C(=O)O)CCC2)n1. The summed E-state index contributed by atoms with van der Waals surface area (Å²) in [6.45, 7) is 6.49. The van der Waals surface area contributed by atoms with Crippen LogP contribution >= 0.6 is 0 Å². The summed E-state index contributed by atoms with van der Waals surface area (Å²) in [6, 6.07) is 1.96. The van der Waals surface area contributed by atoms with Crippen LogP contribution in [0, 0.1) is 12.3 Å². The highest BCUT2D eigenvalue weighted by Crippen LogP contribution is 2.41. The summed E-state index contributed by atoms with van der Waals surface area (Å²) in [6.07, 6.45) is 2.45. The Morgan fingerprint density at radius 3 is 2.63 bits per heavy atom. The van der Waals surface area contributed by atoms with Crippen molar-refractivity contribution in [3.8, 4) is 0 Å². The number of aliphatic carboxylic acids is 1. The van der Waals surface area contributed by atoms with Gasteiger partial charge in [0.05, 0.1) is 5.41 Å². The highest BCUT2D eigenvalue weighted by atomic mass is 16.4. The van der Waals surface area contributed by atoms with Crippen LogP contribution in [0.25, 0.3) is 0 Å². The number of carbonyl (C=O) groups is 1. The van der Waals surface area contributed by atoms with Crippen LogP contribution in [0.4, 0.5) is 5.95 Å². The van der Waals surface area contributed by atoms with Crippen LogP contribution in [0.3, 0.4) is 0 Å². The second-order valence-electron chi connectivity index (χ2n) is 5.71. The van der Waals surface area contributed by atoms with Crippen molar-refractivity contribution >= 4 is 11.9 Å². The van der Waals surface area contributed by atoms with E-state index in [2.05, 4.69) is 29.1 Å². The lowest BCUT2D eigenvalue weighted by Gasteiger charge is -2.37. The second kappa shape index (κ2) is 5.15. The molecule has 0 saturated heterocycles. The standard InChI is InChI=1S/C14H21N3O2/c1-9(2)11-7-10(3)16-13(17-11)15-8-14(12(18)19)5-4-6-14/h7,9H,4-6,8H2,1-3H3,(H,18,19)(H,15,16,17). The maximum absolute atomic E-state index is 11.3. The molecule has 19 heavy (non-hydrogen) atoms. The van der Waals surface area contributed by atoms with Gasteiger partial charge in [-0.3, -0.25) is 4.79 Å². The van der Waals surface area contributed by atoms with Crippen LogP contribution < -0.4 is 5.32 Å². The molecule has 0 atom stereocenters. The van der Waals surface area contributed by atoms with E-state index in [4.69, 9.17) is 0 Å². The summed E-state index contributed by atoms with van der Waals surface area (Å²) in [7, 11) is 0. The van der Waals surface area contributed by atoms with E-state index in [0.717, 1.165) is 30.7 Å². The highest BCUT2D eigenvalue weighted by molar-refractivity contribution is 5.76. The van der Waals surface area contributed by atoms with Crippen molar-refractivity contribution in [2.24, 2.45) is 5.41 Å². The molecule has 0 amide bonds. The van der Waals surface area contributed by atoms with Gasteiger partial charge in [-0.25, -0.2) is 9.97 Å². The Morgan fingerprint density at radius 2 is 2.16 bits per heavy atom. The molecule has 1 heterocycles. The first-order chi connectivity index (χ1) is 8.93.